The maximum atomic E-state index is 12.7. The molecule has 0 saturated heterocycles. The molecule has 27 heavy (non-hydrogen) atoms. The minimum absolute atomic E-state index is 0.0513. The summed E-state index contributed by atoms with van der Waals surface area (Å²) in [6.07, 6.45) is 0. The van der Waals surface area contributed by atoms with E-state index in [1.54, 1.807) is 20.8 Å². The number of hydrogen-bond donors (Lipinski definition) is 2. The number of amides is 1. The Labute approximate surface area is 160 Å². The van der Waals surface area contributed by atoms with Crippen molar-refractivity contribution in [3.8, 4) is 0 Å². The number of ether oxygens (including phenoxy) is 1. The highest BCUT2D eigenvalue weighted by atomic mass is 16.5. The van der Waals surface area contributed by atoms with Gasteiger partial charge in [0.05, 0.1) is 18.2 Å². The highest BCUT2D eigenvalue weighted by molar-refractivity contribution is 6.00. The largest absolute Gasteiger partial charge is 0.462 e. The molecule has 1 aromatic carbocycles. The second kappa shape index (κ2) is 8.86. The summed E-state index contributed by atoms with van der Waals surface area (Å²) < 4.78 is 5.08. The van der Waals surface area contributed by atoms with E-state index in [0.29, 0.717) is 35.7 Å². The van der Waals surface area contributed by atoms with Crippen LogP contribution in [-0.4, -0.2) is 49.0 Å². The number of aromatic nitrogens is 1. The maximum absolute atomic E-state index is 12.7. The number of benzene rings is 1. The van der Waals surface area contributed by atoms with Crippen molar-refractivity contribution in [2.75, 3.05) is 27.2 Å². The Morgan fingerprint density at radius 2 is 1.78 bits per heavy atom. The van der Waals surface area contributed by atoms with Gasteiger partial charge in [-0.2, -0.15) is 0 Å². The minimum atomic E-state index is -0.409. The van der Waals surface area contributed by atoms with Crippen molar-refractivity contribution >= 4 is 11.9 Å². The molecule has 0 aliphatic rings. The number of nitrogens with one attached hydrogen (secondary N) is 2. The molecule has 2 N–H and O–H groups in total. The fourth-order valence-electron chi connectivity index (χ4n) is 3.15. The number of aryl methyl sites for hydroxylation is 2. The molecule has 1 heterocycles. The first-order chi connectivity index (χ1) is 12.8. The van der Waals surface area contributed by atoms with Crippen LogP contribution in [0.15, 0.2) is 24.3 Å². The number of nitrogens with zero attached hydrogens (tertiary/aromatic N) is 1. The van der Waals surface area contributed by atoms with Gasteiger partial charge in [0, 0.05) is 12.2 Å². The van der Waals surface area contributed by atoms with Gasteiger partial charge in [-0.1, -0.05) is 29.8 Å². The molecular weight excluding hydrogens is 342 g/mol. The van der Waals surface area contributed by atoms with Crippen LogP contribution in [0.3, 0.4) is 0 Å². The molecule has 0 saturated carbocycles. The first-order valence-electron chi connectivity index (χ1n) is 9.13. The Morgan fingerprint density at radius 1 is 1.15 bits per heavy atom. The number of esters is 1. The van der Waals surface area contributed by atoms with Gasteiger partial charge in [0.25, 0.3) is 5.91 Å². The summed E-state index contributed by atoms with van der Waals surface area (Å²) in [6, 6.07) is 8.34. The summed E-state index contributed by atoms with van der Waals surface area (Å²) in [5.74, 6) is -0.640. The Bertz CT molecular complexity index is 807. The van der Waals surface area contributed by atoms with Gasteiger partial charge in [-0.3, -0.25) is 4.79 Å². The quantitative estimate of drug-likeness (QED) is 0.733. The van der Waals surface area contributed by atoms with Gasteiger partial charge in [-0.25, -0.2) is 4.79 Å². The van der Waals surface area contributed by atoms with Crippen molar-refractivity contribution in [2.45, 2.75) is 33.7 Å². The molecule has 6 nitrogen and oxygen atoms in total. The third kappa shape index (κ3) is 4.77. The molecule has 1 unspecified atom stereocenters. The van der Waals surface area contributed by atoms with Crippen LogP contribution in [-0.2, 0) is 4.74 Å². The second-order valence-electron chi connectivity index (χ2n) is 6.95. The van der Waals surface area contributed by atoms with Crippen molar-refractivity contribution in [2.24, 2.45) is 0 Å². The van der Waals surface area contributed by atoms with E-state index in [1.165, 1.54) is 5.56 Å². The topological polar surface area (TPSA) is 74.4 Å². The molecule has 146 valence electrons. The number of aromatic amines is 1. The molecule has 0 radical (unpaired) electrons. The van der Waals surface area contributed by atoms with Crippen molar-refractivity contribution in [1.82, 2.24) is 15.2 Å². The molecule has 0 spiro atoms. The fourth-order valence-corrected chi connectivity index (χ4v) is 3.15. The lowest BCUT2D eigenvalue weighted by Gasteiger charge is -2.25. The number of carbonyl (C=O) groups excluding carboxylic acids is 2. The highest BCUT2D eigenvalue weighted by Crippen LogP contribution is 2.21. The van der Waals surface area contributed by atoms with Gasteiger partial charge >= 0.3 is 5.97 Å². The van der Waals surface area contributed by atoms with E-state index in [-0.39, 0.29) is 11.9 Å². The molecule has 0 aliphatic carbocycles. The van der Waals surface area contributed by atoms with Crippen LogP contribution >= 0.6 is 0 Å². The van der Waals surface area contributed by atoms with E-state index in [2.05, 4.69) is 39.5 Å². The Hall–Kier alpha value is -2.60. The Balaban J connectivity index is 2.15. The van der Waals surface area contributed by atoms with E-state index >= 15 is 0 Å². The SMILES string of the molecule is CCOC(=O)c1c(C)[nH]c(C(=O)NCC(c2ccc(C)cc2)N(C)C)c1C. The maximum Gasteiger partial charge on any atom is 0.340 e. The fraction of sp³-hybridized carbons (Fsp3) is 0.429. The second-order valence-corrected chi connectivity index (χ2v) is 6.95. The van der Waals surface area contributed by atoms with E-state index in [4.69, 9.17) is 4.74 Å². The summed E-state index contributed by atoms with van der Waals surface area (Å²) in [6.45, 7) is 8.09. The van der Waals surface area contributed by atoms with Crippen LogP contribution < -0.4 is 5.32 Å². The summed E-state index contributed by atoms with van der Waals surface area (Å²) >= 11 is 0. The van der Waals surface area contributed by atoms with Gasteiger partial charge in [-0.15, -0.1) is 0 Å². The number of carbonyl (C=O) groups is 2. The molecular formula is C21H29N3O3. The third-order valence-electron chi connectivity index (χ3n) is 4.69. The number of likely N-dealkylation sites (N-methyl/N-ethyl adjacent to an activating group) is 1. The predicted octanol–water partition coefficient (Wildman–Crippen LogP) is 3.15. The highest BCUT2D eigenvalue weighted by Gasteiger charge is 2.23. The van der Waals surface area contributed by atoms with Gasteiger partial charge in [0.2, 0.25) is 0 Å². The predicted molar refractivity (Wildman–Crippen MR) is 106 cm³/mol. The van der Waals surface area contributed by atoms with Crippen LogP contribution in [0.5, 0.6) is 0 Å². The van der Waals surface area contributed by atoms with Crippen LogP contribution in [0.25, 0.3) is 0 Å². The summed E-state index contributed by atoms with van der Waals surface area (Å²) in [5, 5.41) is 2.98. The molecule has 1 atom stereocenters. The molecule has 0 fully saturated rings. The lowest BCUT2D eigenvalue weighted by atomic mass is 10.0. The summed E-state index contributed by atoms with van der Waals surface area (Å²) in [4.78, 5) is 29.9. The average Bonchev–Trinajstić information content (AvgIpc) is 2.91. The zero-order valence-electron chi connectivity index (χ0n) is 17.0. The number of rotatable bonds is 7. The lowest BCUT2D eigenvalue weighted by Crippen LogP contribution is -2.35. The smallest absolute Gasteiger partial charge is 0.340 e. The van der Waals surface area contributed by atoms with Crippen LogP contribution in [0.1, 0.15) is 56.2 Å². The van der Waals surface area contributed by atoms with Gasteiger partial charge < -0.3 is 19.9 Å². The molecule has 1 aromatic heterocycles. The van der Waals surface area contributed by atoms with Gasteiger partial charge in [-0.05, 0) is 52.9 Å². The van der Waals surface area contributed by atoms with E-state index in [0.717, 1.165) is 5.56 Å². The third-order valence-corrected chi connectivity index (χ3v) is 4.69. The first kappa shape index (κ1) is 20.7. The Morgan fingerprint density at radius 3 is 2.33 bits per heavy atom. The minimum Gasteiger partial charge on any atom is -0.462 e. The van der Waals surface area contributed by atoms with Gasteiger partial charge in [0.15, 0.2) is 0 Å². The summed E-state index contributed by atoms with van der Waals surface area (Å²) in [7, 11) is 3.97. The normalized spacial score (nSPS) is 12.1. The number of H-pyrrole nitrogens is 1. The van der Waals surface area contributed by atoms with Gasteiger partial charge in [0.1, 0.15) is 5.69 Å². The zero-order chi connectivity index (χ0) is 20.1. The molecule has 2 aromatic rings. The first-order valence-corrected chi connectivity index (χ1v) is 9.13. The molecule has 1 amide bonds. The standard InChI is InChI=1S/C21H29N3O3/c1-7-27-21(26)18-14(3)19(23-15(18)4)20(25)22-12-17(24(5)6)16-10-8-13(2)9-11-16/h8-11,17,23H,7,12H2,1-6H3,(H,22,25). The number of hydrogen-bond acceptors (Lipinski definition) is 4. The molecule has 0 bridgehead atoms. The van der Waals surface area contributed by atoms with Crippen LogP contribution in [0.2, 0.25) is 0 Å². The lowest BCUT2D eigenvalue weighted by molar-refractivity contribution is 0.0525. The van der Waals surface area contributed by atoms with Crippen LogP contribution in [0, 0.1) is 20.8 Å². The summed E-state index contributed by atoms with van der Waals surface area (Å²) in [5.41, 5.74) is 4.42. The zero-order valence-corrected chi connectivity index (χ0v) is 17.0. The van der Waals surface area contributed by atoms with Crippen LogP contribution in [0.4, 0.5) is 0 Å². The van der Waals surface area contributed by atoms with E-state index < -0.39 is 5.97 Å². The van der Waals surface area contributed by atoms with Crippen molar-refractivity contribution < 1.29 is 14.3 Å². The Kier molecular flexibility index (Phi) is 6.80. The van der Waals surface area contributed by atoms with Crippen molar-refractivity contribution in [3.63, 3.8) is 0 Å². The monoisotopic (exact) mass is 371 g/mol. The van der Waals surface area contributed by atoms with E-state index in [9.17, 15) is 9.59 Å². The molecule has 0 aliphatic heterocycles. The molecule has 2 rings (SSSR count). The van der Waals surface area contributed by atoms with E-state index in [1.807, 2.05) is 21.0 Å². The van der Waals surface area contributed by atoms with Crippen molar-refractivity contribution in [1.29, 1.82) is 0 Å². The average molecular weight is 371 g/mol. The molecule has 6 heteroatoms. The van der Waals surface area contributed by atoms with Crippen molar-refractivity contribution in [3.05, 3.63) is 57.9 Å².